The van der Waals surface area contributed by atoms with Crippen LogP contribution < -0.4 is 20.9 Å². The van der Waals surface area contributed by atoms with Gasteiger partial charge in [-0.3, -0.25) is 9.59 Å². The van der Waals surface area contributed by atoms with Crippen molar-refractivity contribution < 1.29 is 38.9 Å². The molecule has 10 aromatic rings. The van der Waals surface area contributed by atoms with Gasteiger partial charge < -0.3 is 40.3 Å². The number of rotatable bonds is 14. The van der Waals surface area contributed by atoms with Crippen LogP contribution in [0.3, 0.4) is 0 Å². The Morgan fingerprint density at radius 1 is 0.435 bits per heavy atom. The molecule has 0 radical (unpaired) electrons. The van der Waals surface area contributed by atoms with Crippen LogP contribution in [0, 0.1) is 0 Å². The zero-order valence-electron chi connectivity index (χ0n) is 36.8. The number of nitrogens with zero attached hydrogens (tertiary/aromatic N) is 2. The number of aromatic nitrogens is 2. The third-order valence-electron chi connectivity index (χ3n) is 11.8. The van der Waals surface area contributed by atoms with Gasteiger partial charge in [-0.25, -0.2) is 9.59 Å². The highest BCUT2D eigenvalue weighted by Gasteiger charge is 2.24. The van der Waals surface area contributed by atoms with E-state index in [-0.39, 0.29) is 0 Å². The summed E-state index contributed by atoms with van der Waals surface area (Å²) >= 11 is 6.09. The maximum absolute atomic E-state index is 12.4. The average Bonchev–Trinajstić information content (AvgIpc) is 3.85. The van der Waals surface area contributed by atoms with Crippen molar-refractivity contribution in [2.75, 3.05) is 13.2 Å². The fraction of sp³-hybridized carbons (Fsp3) is 0.0714. The molecule has 8 aromatic carbocycles. The SMILES string of the molecule is NC(=O)c1cccc2c1c1c(OCC(=O)O)cc(-c3ccc(Cl)cc3)cc1n2Cc1ccccc1.NC(=O)c1cccc2c1c1c(OCC(=O)O)cc(-c3ccccc3)cc1n2Cc1ccccc1. The minimum Gasteiger partial charge on any atom is -0.481 e. The Labute approximate surface area is 400 Å². The quantitative estimate of drug-likeness (QED) is 0.0828. The summed E-state index contributed by atoms with van der Waals surface area (Å²) in [6.45, 7) is 0.0614. The first-order valence-electron chi connectivity index (χ1n) is 21.8. The Morgan fingerprint density at radius 2 is 0.826 bits per heavy atom. The first-order valence-corrected chi connectivity index (χ1v) is 22.2. The normalized spacial score (nSPS) is 11.1. The van der Waals surface area contributed by atoms with Gasteiger partial charge >= 0.3 is 11.9 Å². The number of benzene rings is 8. The van der Waals surface area contributed by atoms with Crippen molar-refractivity contribution in [3.05, 3.63) is 203 Å². The summed E-state index contributed by atoms with van der Waals surface area (Å²) in [5.74, 6) is -2.55. The van der Waals surface area contributed by atoms with E-state index in [0.717, 1.165) is 55.4 Å². The van der Waals surface area contributed by atoms with Gasteiger partial charge in [0.2, 0.25) is 11.8 Å². The lowest BCUT2D eigenvalue weighted by molar-refractivity contribution is -0.140. The van der Waals surface area contributed by atoms with Gasteiger partial charge in [-0.1, -0.05) is 127 Å². The van der Waals surface area contributed by atoms with Crippen LogP contribution in [-0.2, 0) is 22.7 Å². The van der Waals surface area contributed by atoms with Crippen molar-refractivity contribution in [1.82, 2.24) is 9.13 Å². The Kier molecular flexibility index (Phi) is 12.8. The molecule has 6 N–H and O–H groups in total. The molecule has 10 rings (SSSR count). The van der Waals surface area contributed by atoms with E-state index in [4.69, 9.17) is 32.5 Å². The minimum absolute atomic E-state index is 0.346. The molecule has 0 unspecified atom stereocenters. The second-order valence-electron chi connectivity index (χ2n) is 16.2. The van der Waals surface area contributed by atoms with Crippen LogP contribution in [-0.4, -0.2) is 56.3 Å². The van der Waals surface area contributed by atoms with Crippen molar-refractivity contribution in [2.24, 2.45) is 11.5 Å². The second kappa shape index (κ2) is 19.5. The zero-order chi connectivity index (χ0) is 48.2. The maximum atomic E-state index is 12.4. The van der Waals surface area contributed by atoms with E-state index < -0.39 is 37.0 Å². The number of aliphatic carboxylic acids is 2. The highest BCUT2D eigenvalue weighted by atomic mass is 35.5. The number of ether oxygens (including phenoxy) is 2. The molecule has 0 aliphatic carbocycles. The monoisotopic (exact) mass is 934 g/mol. The summed E-state index contributed by atoms with van der Waals surface area (Å²) in [5.41, 5.74) is 21.2. The summed E-state index contributed by atoms with van der Waals surface area (Å²) < 4.78 is 15.8. The Bertz CT molecular complexity index is 3570. The zero-order valence-corrected chi connectivity index (χ0v) is 37.6. The van der Waals surface area contributed by atoms with Gasteiger partial charge in [0, 0.05) is 40.0 Å². The molecule has 0 saturated heterocycles. The van der Waals surface area contributed by atoms with Crippen LogP contribution in [0.4, 0.5) is 0 Å². The summed E-state index contributed by atoms with van der Waals surface area (Å²) in [4.78, 5) is 47.5. The summed E-state index contributed by atoms with van der Waals surface area (Å²) in [7, 11) is 0. The molecular formula is C56H43ClN4O8. The molecular weight excluding hydrogens is 892 g/mol. The van der Waals surface area contributed by atoms with E-state index in [1.54, 1.807) is 42.5 Å². The van der Waals surface area contributed by atoms with Crippen LogP contribution in [0.15, 0.2) is 176 Å². The van der Waals surface area contributed by atoms with Gasteiger partial charge in [0.15, 0.2) is 13.2 Å². The molecule has 0 fully saturated rings. The van der Waals surface area contributed by atoms with E-state index >= 15 is 0 Å². The molecule has 0 atom stereocenters. The molecule has 69 heavy (non-hydrogen) atoms. The largest absolute Gasteiger partial charge is 0.481 e. The molecule has 13 heteroatoms. The second-order valence-corrected chi connectivity index (χ2v) is 16.7. The highest BCUT2D eigenvalue weighted by molar-refractivity contribution is 6.30. The van der Waals surface area contributed by atoms with Crippen LogP contribution in [0.5, 0.6) is 11.5 Å². The Hall–Kier alpha value is -8.87. The number of halogens is 1. The third-order valence-corrected chi connectivity index (χ3v) is 12.0. The summed E-state index contributed by atoms with van der Waals surface area (Å²) in [5, 5.41) is 21.8. The Balaban J connectivity index is 0.000000172. The van der Waals surface area contributed by atoms with Crippen molar-refractivity contribution in [2.45, 2.75) is 13.1 Å². The van der Waals surface area contributed by atoms with Gasteiger partial charge in [-0.15, -0.1) is 0 Å². The molecule has 2 heterocycles. The molecule has 12 nitrogen and oxygen atoms in total. The standard InChI is InChI=1S/C28H21ClN2O4.C28H22N2O4/c29-20-11-9-18(10-12-20)19-13-23-27(24(14-19)35-16-25(32)33)26-21(28(30)34)7-4-8-22(26)31(23)15-17-5-2-1-3-6-17;29-28(33)21-12-7-13-22-26(21)27-23(30(22)16-18-8-3-1-4-9-18)14-20(19-10-5-2-6-11-19)15-24(27)34-17-25(31)32/h1-14H,15-16H2,(H2,30,34)(H,32,33);1-15H,16-17H2,(H2,29,33)(H,31,32). The number of amides is 2. The van der Waals surface area contributed by atoms with Gasteiger partial charge in [0.05, 0.1) is 32.8 Å². The third kappa shape index (κ3) is 9.42. The van der Waals surface area contributed by atoms with Gasteiger partial charge in [-0.2, -0.15) is 0 Å². The molecule has 0 bridgehead atoms. The van der Waals surface area contributed by atoms with E-state index in [0.29, 0.717) is 62.3 Å². The smallest absolute Gasteiger partial charge is 0.341 e. The lowest BCUT2D eigenvalue weighted by Gasteiger charge is -2.12. The van der Waals surface area contributed by atoms with E-state index in [1.807, 2.05) is 133 Å². The van der Waals surface area contributed by atoms with Crippen molar-refractivity contribution in [3.63, 3.8) is 0 Å². The number of carbonyl (C=O) groups is 4. The van der Waals surface area contributed by atoms with Crippen molar-refractivity contribution >= 4 is 79.0 Å². The van der Waals surface area contributed by atoms with E-state index in [1.165, 1.54) is 0 Å². The molecule has 0 saturated carbocycles. The highest BCUT2D eigenvalue weighted by Crippen LogP contribution is 2.43. The lowest BCUT2D eigenvalue weighted by atomic mass is 10.0. The van der Waals surface area contributed by atoms with Gasteiger partial charge in [-0.05, 0) is 94.0 Å². The molecule has 2 amide bonds. The number of fused-ring (bicyclic) bond motifs is 6. The number of hydrogen-bond acceptors (Lipinski definition) is 6. The first-order chi connectivity index (χ1) is 33.4. The van der Waals surface area contributed by atoms with Crippen LogP contribution in [0.2, 0.25) is 5.02 Å². The Morgan fingerprint density at radius 3 is 1.22 bits per heavy atom. The fourth-order valence-corrected chi connectivity index (χ4v) is 8.97. The number of nitrogens with two attached hydrogens (primary N) is 2. The molecule has 0 aliphatic heterocycles. The number of carboxylic acid groups (broad SMARTS) is 2. The predicted octanol–water partition coefficient (Wildman–Crippen LogP) is 10.8. The molecule has 0 aliphatic rings. The van der Waals surface area contributed by atoms with Crippen LogP contribution >= 0.6 is 11.6 Å². The topological polar surface area (TPSA) is 189 Å². The number of carboxylic acids is 2. The number of carbonyl (C=O) groups excluding carboxylic acids is 2. The van der Waals surface area contributed by atoms with E-state index in [9.17, 15) is 29.4 Å². The molecule has 2 aromatic heterocycles. The van der Waals surface area contributed by atoms with Crippen molar-refractivity contribution in [1.29, 1.82) is 0 Å². The summed E-state index contributed by atoms with van der Waals surface area (Å²) in [6.07, 6.45) is 0. The van der Waals surface area contributed by atoms with Gasteiger partial charge in [0.25, 0.3) is 0 Å². The minimum atomic E-state index is -1.10. The van der Waals surface area contributed by atoms with Gasteiger partial charge in [0.1, 0.15) is 11.5 Å². The van der Waals surface area contributed by atoms with Crippen LogP contribution in [0.1, 0.15) is 31.8 Å². The maximum Gasteiger partial charge on any atom is 0.341 e. The van der Waals surface area contributed by atoms with Crippen molar-refractivity contribution in [3.8, 4) is 33.8 Å². The molecule has 342 valence electrons. The van der Waals surface area contributed by atoms with E-state index in [2.05, 4.69) is 9.13 Å². The molecule has 0 spiro atoms. The average molecular weight is 935 g/mol. The predicted molar refractivity (Wildman–Crippen MR) is 269 cm³/mol. The fourth-order valence-electron chi connectivity index (χ4n) is 8.84. The van der Waals surface area contributed by atoms with Crippen LogP contribution in [0.25, 0.3) is 65.9 Å². The summed E-state index contributed by atoms with van der Waals surface area (Å²) in [6, 6.07) is 55.6. The number of hydrogen-bond donors (Lipinski definition) is 4. The lowest BCUT2D eigenvalue weighted by Crippen LogP contribution is -2.11. The first kappa shape index (κ1) is 45.3. The number of primary amides is 2.